The summed E-state index contributed by atoms with van der Waals surface area (Å²) < 4.78 is 0. The Bertz CT molecular complexity index is 370. The van der Waals surface area contributed by atoms with Crippen LogP contribution < -0.4 is 10.7 Å². The molecule has 2 heterocycles. The molecule has 18 heavy (non-hydrogen) atoms. The van der Waals surface area contributed by atoms with E-state index in [9.17, 15) is 0 Å². The molecule has 4 nitrogen and oxygen atoms in total. The van der Waals surface area contributed by atoms with Crippen molar-refractivity contribution in [3.63, 3.8) is 0 Å². The van der Waals surface area contributed by atoms with Gasteiger partial charge in [0.2, 0.25) is 0 Å². The zero-order valence-corrected chi connectivity index (χ0v) is 11.6. The van der Waals surface area contributed by atoms with Gasteiger partial charge in [0.05, 0.1) is 5.69 Å². The normalized spacial score (nSPS) is 24.8. The van der Waals surface area contributed by atoms with Gasteiger partial charge in [0.15, 0.2) is 0 Å². The average molecular weight is 248 g/mol. The first-order chi connectivity index (χ1) is 8.70. The van der Waals surface area contributed by atoms with Crippen molar-refractivity contribution in [2.24, 2.45) is 0 Å². The van der Waals surface area contributed by atoms with Gasteiger partial charge >= 0.3 is 0 Å². The molecule has 0 bridgehead atoms. The Morgan fingerprint density at radius 1 is 1.33 bits per heavy atom. The predicted octanol–water partition coefficient (Wildman–Crippen LogP) is 3.10. The molecule has 0 saturated carbocycles. The highest BCUT2D eigenvalue weighted by Crippen LogP contribution is 2.23. The van der Waals surface area contributed by atoms with E-state index < -0.39 is 0 Å². The Kier molecular flexibility index (Phi) is 4.42. The molecule has 1 aliphatic rings. The molecule has 1 saturated heterocycles. The second-order valence-electron chi connectivity index (χ2n) is 5.11. The number of piperidine rings is 1. The molecule has 1 aromatic heterocycles. The molecule has 2 N–H and O–H groups in total. The number of aromatic nitrogens is 1. The molecule has 100 valence electrons. The molecule has 2 rings (SSSR count). The fourth-order valence-electron chi connectivity index (χ4n) is 2.57. The minimum Gasteiger partial charge on any atom is -0.370 e. The molecule has 0 spiro atoms. The molecule has 1 aromatic rings. The van der Waals surface area contributed by atoms with E-state index in [1.807, 2.05) is 12.3 Å². The fourth-order valence-corrected chi connectivity index (χ4v) is 2.57. The minimum absolute atomic E-state index is 0.587. The summed E-state index contributed by atoms with van der Waals surface area (Å²) in [6, 6.07) is 5.26. The van der Waals surface area contributed by atoms with E-state index in [4.69, 9.17) is 0 Å². The second kappa shape index (κ2) is 6.05. The van der Waals surface area contributed by atoms with Crippen LogP contribution in [0.2, 0.25) is 0 Å². The van der Waals surface area contributed by atoms with E-state index in [-0.39, 0.29) is 0 Å². The molecule has 2 atom stereocenters. The van der Waals surface area contributed by atoms with Crippen LogP contribution in [-0.2, 0) is 0 Å². The van der Waals surface area contributed by atoms with Crippen LogP contribution in [0.1, 0.15) is 40.0 Å². The van der Waals surface area contributed by atoms with Crippen molar-refractivity contribution in [1.29, 1.82) is 0 Å². The van der Waals surface area contributed by atoms with Crippen LogP contribution in [0, 0.1) is 0 Å². The summed E-state index contributed by atoms with van der Waals surface area (Å²) in [4.78, 5) is 4.29. The Hall–Kier alpha value is -1.29. The highest BCUT2D eigenvalue weighted by molar-refractivity contribution is 5.51. The van der Waals surface area contributed by atoms with E-state index >= 15 is 0 Å². The highest BCUT2D eigenvalue weighted by atomic mass is 15.5. The maximum atomic E-state index is 4.29. The SMILES string of the molecule is CCNc1cc(NN2C(C)CCCC2C)ccn1. The second-order valence-corrected chi connectivity index (χ2v) is 5.11. The molecular formula is C14H24N4. The number of nitrogens with zero attached hydrogens (tertiary/aromatic N) is 2. The highest BCUT2D eigenvalue weighted by Gasteiger charge is 2.24. The van der Waals surface area contributed by atoms with Gasteiger partial charge in [0.1, 0.15) is 5.82 Å². The molecule has 1 fully saturated rings. The quantitative estimate of drug-likeness (QED) is 0.859. The molecule has 0 aliphatic carbocycles. The Labute approximate surface area is 110 Å². The lowest BCUT2D eigenvalue weighted by Crippen LogP contribution is -2.47. The summed E-state index contributed by atoms with van der Waals surface area (Å²) in [6.07, 6.45) is 5.71. The number of hydrogen-bond acceptors (Lipinski definition) is 4. The number of anilines is 2. The number of pyridine rings is 1. The molecule has 0 radical (unpaired) electrons. The first-order valence-corrected chi connectivity index (χ1v) is 6.95. The maximum Gasteiger partial charge on any atom is 0.127 e. The van der Waals surface area contributed by atoms with Gasteiger partial charge in [0, 0.05) is 30.9 Å². The van der Waals surface area contributed by atoms with Gasteiger partial charge in [-0.25, -0.2) is 9.99 Å². The molecule has 2 unspecified atom stereocenters. The van der Waals surface area contributed by atoms with Crippen LogP contribution in [0.4, 0.5) is 11.5 Å². The van der Waals surface area contributed by atoms with Crippen molar-refractivity contribution < 1.29 is 0 Å². The topological polar surface area (TPSA) is 40.2 Å². The molecule has 0 aromatic carbocycles. The molecule has 4 heteroatoms. The van der Waals surface area contributed by atoms with Gasteiger partial charge in [-0.2, -0.15) is 0 Å². The van der Waals surface area contributed by atoms with E-state index in [1.165, 1.54) is 19.3 Å². The number of rotatable bonds is 4. The zero-order chi connectivity index (χ0) is 13.0. The Morgan fingerprint density at radius 3 is 2.72 bits per heavy atom. The van der Waals surface area contributed by atoms with Crippen LogP contribution in [0.15, 0.2) is 18.3 Å². The Morgan fingerprint density at radius 2 is 2.06 bits per heavy atom. The molecule has 1 aliphatic heterocycles. The summed E-state index contributed by atoms with van der Waals surface area (Å²) in [5.74, 6) is 0.930. The zero-order valence-electron chi connectivity index (χ0n) is 11.6. The number of hydrazine groups is 1. The van der Waals surface area contributed by atoms with Crippen molar-refractivity contribution in [3.05, 3.63) is 18.3 Å². The van der Waals surface area contributed by atoms with Crippen molar-refractivity contribution in [2.75, 3.05) is 17.3 Å². The summed E-state index contributed by atoms with van der Waals surface area (Å²) in [5, 5.41) is 5.61. The van der Waals surface area contributed by atoms with Crippen molar-refractivity contribution in [1.82, 2.24) is 9.99 Å². The number of hydrogen-bond donors (Lipinski definition) is 2. The predicted molar refractivity (Wildman–Crippen MR) is 76.6 cm³/mol. The lowest BCUT2D eigenvalue weighted by Gasteiger charge is -2.39. The van der Waals surface area contributed by atoms with Crippen LogP contribution in [0.25, 0.3) is 0 Å². The first kappa shape index (κ1) is 13.1. The van der Waals surface area contributed by atoms with Crippen LogP contribution in [-0.4, -0.2) is 28.6 Å². The smallest absolute Gasteiger partial charge is 0.127 e. The molecular weight excluding hydrogens is 224 g/mol. The fraction of sp³-hybridized carbons (Fsp3) is 0.643. The van der Waals surface area contributed by atoms with Crippen molar-refractivity contribution in [2.45, 2.75) is 52.1 Å². The van der Waals surface area contributed by atoms with Crippen molar-refractivity contribution >= 4 is 11.5 Å². The lowest BCUT2D eigenvalue weighted by atomic mass is 10.00. The maximum absolute atomic E-state index is 4.29. The summed E-state index contributed by atoms with van der Waals surface area (Å²) in [6.45, 7) is 7.55. The van der Waals surface area contributed by atoms with E-state index in [2.05, 4.69) is 47.6 Å². The van der Waals surface area contributed by atoms with Gasteiger partial charge < -0.3 is 10.7 Å². The van der Waals surface area contributed by atoms with Gasteiger partial charge in [-0.15, -0.1) is 0 Å². The lowest BCUT2D eigenvalue weighted by molar-refractivity contribution is 0.136. The summed E-state index contributed by atoms with van der Waals surface area (Å²) >= 11 is 0. The van der Waals surface area contributed by atoms with Gasteiger partial charge in [-0.05, 0) is 39.7 Å². The van der Waals surface area contributed by atoms with Gasteiger partial charge in [-0.3, -0.25) is 0 Å². The van der Waals surface area contributed by atoms with Crippen LogP contribution >= 0.6 is 0 Å². The van der Waals surface area contributed by atoms with E-state index in [0.717, 1.165) is 18.1 Å². The average Bonchev–Trinajstić information content (AvgIpc) is 2.35. The number of nitrogens with one attached hydrogen (secondary N) is 2. The van der Waals surface area contributed by atoms with Crippen LogP contribution in [0.5, 0.6) is 0 Å². The summed E-state index contributed by atoms with van der Waals surface area (Å²) in [7, 11) is 0. The molecule has 0 amide bonds. The van der Waals surface area contributed by atoms with Gasteiger partial charge in [0.25, 0.3) is 0 Å². The van der Waals surface area contributed by atoms with E-state index in [1.54, 1.807) is 0 Å². The minimum atomic E-state index is 0.587. The van der Waals surface area contributed by atoms with E-state index in [0.29, 0.717) is 12.1 Å². The largest absolute Gasteiger partial charge is 0.370 e. The standard InChI is InChI=1S/C14H24N4/c1-4-15-14-10-13(8-9-16-14)17-18-11(2)6-5-7-12(18)3/h8-12H,4-7H2,1-3H3,(H2,15,16,17). The van der Waals surface area contributed by atoms with Crippen LogP contribution in [0.3, 0.4) is 0 Å². The first-order valence-electron chi connectivity index (χ1n) is 6.95. The third-order valence-corrected chi connectivity index (χ3v) is 3.57. The third-order valence-electron chi connectivity index (χ3n) is 3.57. The summed E-state index contributed by atoms with van der Waals surface area (Å²) in [5.41, 5.74) is 4.65. The van der Waals surface area contributed by atoms with Crippen molar-refractivity contribution in [3.8, 4) is 0 Å². The Balaban J connectivity index is 2.05. The van der Waals surface area contributed by atoms with Gasteiger partial charge in [-0.1, -0.05) is 6.42 Å². The monoisotopic (exact) mass is 248 g/mol. The third kappa shape index (κ3) is 3.13.